The van der Waals surface area contributed by atoms with Crippen LogP contribution < -0.4 is 0 Å². The van der Waals surface area contributed by atoms with Crippen molar-refractivity contribution in [2.75, 3.05) is 7.11 Å². The monoisotopic (exact) mass is 248 g/mol. The highest BCUT2D eigenvalue weighted by Gasteiger charge is 2.26. The van der Waals surface area contributed by atoms with E-state index in [0.717, 1.165) is 16.5 Å². The first kappa shape index (κ1) is 13.1. The summed E-state index contributed by atoms with van der Waals surface area (Å²) in [5.74, 6) is 0.791. The fourth-order valence-electron chi connectivity index (χ4n) is 2.30. The molecule has 2 unspecified atom stereocenters. The minimum absolute atomic E-state index is 0.222. The molecule has 0 saturated carbocycles. The van der Waals surface area contributed by atoms with Gasteiger partial charge in [-0.25, -0.2) is 0 Å². The quantitative estimate of drug-likeness (QED) is 0.901. The Morgan fingerprint density at radius 2 is 2.00 bits per heavy atom. The molecule has 0 bridgehead atoms. The minimum atomic E-state index is -0.734. The van der Waals surface area contributed by atoms with E-state index in [1.165, 1.54) is 0 Å². The lowest BCUT2D eigenvalue weighted by molar-refractivity contribution is -0.0473. The first-order chi connectivity index (χ1) is 8.54. The molecule has 0 fully saturated rings. The van der Waals surface area contributed by atoms with E-state index >= 15 is 0 Å². The number of rotatable bonds is 4. The molecule has 1 N–H and O–H groups in total. The Kier molecular flexibility index (Phi) is 3.73. The van der Waals surface area contributed by atoms with Crippen molar-refractivity contribution in [2.45, 2.75) is 33.0 Å². The second kappa shape index (κ2) is 5.12. The number of furan rings is 1. The van der Waals surface area contributed by atoms with Crippen molar-refractivity contribution < 1.29 is 14.3 Å². The summed E-state index contributed by atoms with van der Waals surface area (Å²) in [6.45, 7) is 6.04. The maximum Gasteiger partial charge on any atom is 0.138 e. The Bertz CT molecular complexity index is 528. The van der Waals surface area contributed by atoms with Crippen molar-refractivity contribution in [1.29, 1.82) is 0 Å². The number of ether oxygens (including phenoxy) is 1. The van der Waals surface area contributed by atoms with E-state index in [2.05, 4.69) is 0 Å². The third-order valence-corrected chi connectivity index (χ3v) is 3.29. The topological polar surface area (TPSA) is 42.6 Å². The number of benzene rings is 1. The Morgan fingerprint density at radius 3 is 2.56 bits per heavy atom. The van der Waals surface area contributed by atoms with Gasteiger partial charge in [-0.2, -0.15) is 0 Å². The zero-order valence-electron chi connectivity index (χ0n) is 11.3. The number of para-hydroxylation sites is 1. The molecule has 0 saturated heterocycles. The lowest BCUT2D eigenvalue weighted by Crippen LogP contribution is -2.26. The van der Waals surface area contributed by atoms with Gasteiger partial charge in [-0.1, -0.05) is 32.0 Å². The van der Waals surface area contributed by atoms with Gasteiger partial charge < -0.3 is 14.3 Å². The van der Waals surface area contributed by atoms with Gasteiger partial charge in [0.2, 0.25) is 0 Å². The van der Waals surface area contributed by atoms with E-state index in [4.69, 9.17) is 9.15 Å². The lowest BCUT2D eigenvalue weighted by Gasteiger charge is -2.23. The second-order valence-electron chi connectivity index (χ2n) is 5.03. The van der Waals surface area contributed by atoms with Gasteiger partial charge in [0.1, 0.15) is 17.4 Å². The maximum absolute atomic E-state index is 10.3. The lowest BCUT2D eigenvalue weighted by atomic mass is 10.00. The maximum atomic E-state index is 10.3. The Morgan fingerprint density at radius 1 is 1.28 bits per heavy atom. The third kappa shape index (κ3) is 2.28. The molecule has 1 heterocycles. The zero-order chi connectivity index (χ0) is 13.3. The van der Waals surface area contributed by atoms with Gasteiger partial charge in [-0.05, 0) is 24.5 Å². The van der Waals surface area contributed by atoms with Crippen LogP contribution in [-0.4, -0.2) is 18.3 Å². The summed E-state index contributed by atoms with van der Waals surface area (Å²) >= 11 is 0. The fraction of sp³-hybridized carbons (Fsp3) is 0.467. The van der Waals surface area contributed by atoms with Crippen LogP contribution >= 0.6 is 0 Å². The SMILES string of the molecule is COC(C(C)C)C(O)c1cc2cccc(C)c2o1. The molecule has 3 heteroatoms. The van der Waals surface area contributed by atoms with Crippen LogP contribution in [0, 0.1) is 12.8 Å². The molecule has 0 spiro atoms. The number of aryl methyl sites for hydroxylation is 1. The molecule has 18 heavy (non-hydrogen) atoms. The predicted molar refractivity (Wildman–Crippen MR) is 71.5 cm³/mol. The van der Waals surface area contributed by atoms with Crippen molar-refractivity contribution in [2.24, 2.45) is 5.92 Å². The fourth-order valence-corrected chi connectivity index (χ4v) is 2.30. The van der Waals surface area contributed by atoms with Crippen LogP contribution in [0.2, 0.25) is 0 Å². The van der Waals surface area contributed by atoms with Gasteiger partial charge in [0.05, 0.1) is 6.10 Å². The molecular weight excluding hydrogens is 228 g/mol. The molecule has 2 aromatic rings. The molecule has 1 aromatic carbocycles. The van der Waals surface area contributed by atoms with Crippen LogP contribution in [-0.2, 0) is 4.74 Å². The zero-order valence-corrected chi connectivity index (χ0v) is 11.3. The molecule has 98 valence electrons. The van der Waals surface area contributed by atoms with Crippen LogP contribution in [0.25, 0.3) is 11.0 Å². The molecule has 2 rings (SSSR count). The highest BCUT2D eigenvalue weighted by atomic mass is 16.5. The van der Waals surface area contributed by atoms with Gasteiger partial charge in [0.25, 0.3) is 0 Å². The number of hydrogen-bond donors (Lipinski definition) is 1. The summed E-state index contributed by atoms with van der Waals surface area (Å²) in [6.07, 6.45) is -0.993. The van der Waals surface area contributed by atoms with E-state index < -0.39 is 6.10 Å². The molecule has 0 radical (unpaired) electrons. The predicted octanol–water partition coefficient (Wildman–Crippen LogP) is 3.45. The number of fused-ring (bicyclic) bond motifs is 1. The first-order valence-corrected chi connectivity index (χ1v) is 6.24. The average molecular weight is 248 g/mol. The van der Waals surface area contributed by atoms with Crippen molar-refractivity contribution in [3.63, 3.8) is 0 Å². The van der Waals surface area contributed by atoms with Crippen molar-refractivity contribution >= 4 is 11.0 Å². The van der Waals surface area contributed by atoms with E-state index in [0.29, 0.717) is 5.76 Å². The Balaban J connectivity index is 2.39. The summed E-state index contributed by atoms with van der Waals surface area (Å²) in [5.41, 5.74) is 1.91. The van der Waals surface area contributed by atoms with Crippen LogP contribution in [0.5, 0.6) is 0 Å². The first-order valence-electron chi connectivity index (χ1n) is 6.24. The number of aliphatic hydroxyl groups excluding tert-OH is 1. The number of methoxy groups -OCH3 is 1. The summed E-state index contributed by atoms with van der Waals surface area (Å²) in [7, 11) is 1.61. The van der Waals surface area contributed by atoms with Gasteiger partial charge in [-0.3, -0.25) is 0 Å². The molecule has 0 amide bonds. The largest absolute Gasteiger partial charge is 0.458 e. The van der Waals surface area contributed by atoms with E-state index in [9.17, 15) is 5.11 Å². The van der Waals surface area contributed by atoms with Crippen LogP contribution in [0.4, 0.5) is 0 Å². The third-order valence-electron chi connectivity index (χ3n) is 3.29. The molecule has 0 aliphatic rings. The highest BCUT2D eigenvalue weighted by Crippen LogP contribution is 2.30. The standard InChI is InChI=1S/C15H20O3/c1-9(2)14(17-4)13(16)12-8-11-7-5-6-10(3)15(11)18-12/h5-9,13-14,16H,1-4H3. The normalized spacial score (nSPS) is 15.2. The van der Waals surface area contributed by atoms with Crippen molar-refractivity contribution in [3.8, 4) is 0 Å². The van der Waals surface area contributed by atoms with Gasteiger partial charge >= 0.3 is 0 Å². The average Bonchev–Trinajstić information content (AvgIpc) is 2.74. The smallest absolute Gasteiger partial charge is 0.138 e. The molecule has 1 aromatic heterocycles. The Hall–Kier alpha value is -1.32. The molecule has 3 nitrogen and oxygen atoms in total. The van der Waals surface area contributed by atoms with E-state index in [1.54, 1.807) is 7.11 Å². The van der Waals surface area contributed by atoms with Gasteiger partial charge in [0.15, 0.2) is 0 Å². The van der Waals surface area contributed by atoms with Crippen molar-refractivity contribution in [3.05, 3.63) is 35.6 Å². The summed E-state index contributed by atoms with van der Waals surface area (Å²) in [4.78, 5) is 0. The van der Waals surface area contributed by atoms with Crippen LogP contribution in [0.3, 0.4) is 0 Å². The van der Waals surface area contributed by atoms with Gasteiger partial charge in [-0.15, -0.1) is 0 Å². The minimum Gasteiger partial charge on any atom is -0.458 e. The number of aliphatic hydroxyl groups is 1. The molecule has 2 atom stereocenters. The highest BCUT2D eigenvalue weighted by molar-refractivity contribution is 5.80. The molecule has 0 aliphatic carbocycles. The van der Waals surface area contributed by atoms with Crippen molar-refractivity contribution in [1.82, 2.24) is 0 Å². The summed E-state index contributed by atoms with van der Waals surface area (Å²) in [5, 5.41) is 11.3. The molecule has 0 aliphatic heterocycles. The Labute approximate surface area is 107 Å². The number of hydrogen-bond acceptors (Lipinski definition) is 3. The van der Waals surface area contributed by atoms with E-state index in [1.807, 2.05) is 45.0 Å². The summed E-state index contributed by atoms with van der Waals surface area (Å²) < 4.78 is 11.1. The van der Waals surface area contributed by atoms with Gasteiger partial charge in [0, 0.05) is 12.5 Å². The van der Waals surface area contributed by atoms with Crippen LogP contribution in [0.1, 0.15) is 31.3 Å². The van der Waals surface area contributed by atoms with E-state index in [-0.39, 0.29) is 12.0 Å². The molecular formula is C15H20O3. The summed E-state index contributed by atoms with van der Waals surface area (Å²) in [6, 6.07) is 7.86. The van der Waals surface area contributed by atoms with Crippen LogP contribution in [0.15, 0.2) is 28.7 Å². The second-order valence-corrected chi connectivity index (χ2v) is 5.03.